The predicted molar refractivity (Wildman–Crippen MR) is 82.7 cm³/mol. The van der Waals surface area contributed by atoms with Crippen LogP contribution in [0.2, 0.25) is 0 Å². The number of nitrogens with one attached hydrogen (secondary N) is 1. The molecule has 0 atom stereocenters. The average molecular weight is 282 g/mol. The van der Waals surface area contributed by atoms with E-state index in [1.807, 2.05) is 18.9 Å². The van der Waals surface area contributed by atoms with Crippen molar-refractivity contribution in [3.8, 4) is 0 Å². The Kier molecular flexibility index (Phi) is 7.00. The second-order valence-corrected chi connectivity index (χ2v) is 4.38. The lowest BCUT2D eigenvalue weighted by molar-refractivity contribution is 0.206. The number of methoxy groups -OCH3 is 1. The minimum atomic E-state index is 0.615. The molecule has 0 bridgehead atoms. The Morgan fingerprint density at radius 2 is 1.70 bits per heavy atom. The number of hydrogen-bond acceptors (Lipinski definition) is 7. The average Bonchev–Trinajstić information content (AvgIpc) is 2.46. The third kappa shape index (κ3) is 4.48. The van der Waals surface area contributed by atoms with E-state index in [0.717, 1.165) is 26.2 Å². The number of nitrogens with zero attached hydrogens (tertiary/aromatic N) is 5. The van der Waals surface area contributed by atoms with Crippen LogP contribution in [0.3, 0.4) is 0 Å². The fraction of sp³-hybridized carbons (Fsp3) is 0.769. The van der Waals surface area contributed by atoms with Gasteiger partial charge in [-0.15, -0.1) is 0 Å². The molecule has 0 aliphatic rings. The van der Waals surface area contributed by atoms with E-state index in [1.165, 1.54) is 0 Å². The maximum atomic E-state index is 5.09. The summed E-state index contributed by atoms with van der Waals surface area (Å²) in [6.07, 6.45) is 0. The Morgan fingerprint density at radius 3 is 2.25 bits per heavy atom. The van der Waals surface area contributed by atoms with Gasteiger partial charge in [0.15, 0.2) is 0 Å². The van der Waals surface area contributed by atoms with Crippen LogP contribution in [-0.4, -0.2) is 61.9 Å². The monoisotopic (exact) mass is 282 g/mol. The predicted octanol–water partition coefficient (Wildman–Crippen LogP) is 1.23. The van der Waals surface area contributed by atoms with Gasteiger partial charge < -0.3 is 19.9 Å². The van der Waals surface area contributed by atoms with Crippen LogP contribution in [0, 0.1) is 0 Å². The number of aromatic nitrogens is 3. The molecule has 1 heterocycles. The normalized spacial score (nSPS) is 10.4. The third-order valence-electron chi connectivity index (χ3n) is 2.97. The lowest BCUT2D eigenvalue weighted by atomic mass is 10.5. The Balaban J connectivity index is 3.03. The minimum Gasteiger partial charge on any atom is -0.383 e. The topological polar surface area (TPSA) is 66.4 Å². The quantitative estimate of drug-likeness (QED) is 0.730. The first-order valence-electron chi connectivity index (χ1n) is 7.11. The van der Waals surface area contributed by atoms with Gasteiger partial charge in [0.25, 0.3) is 0 Å². The first kappa shape index (κ1) is 16.4. The number of rotatable bonds is 9. The van der Waals surface area contributed by atoms with Crippen LogP contribution < -0.4 is 15.1 Å². The molecule has 7 heteroatoms. The molecule has 20 heavy (non-hydrogen) atoms. The summed E-state index contributed by atoms with van der Waals surface area (Å²) in [6.45, 7) is 10.1. The van der Waals surface area contributed by atoms with Gasteiger partial charge in [-0.05, 0) is 20.8 Å². The van der Waals surface area contributed by atoms with Crippen molar-refractivity contribution < 1.29 is 4.74 Å². The Hall–Kier alpha value is -1.63. The molecule has 0 aromatic carbocycles. The molecule has 0 unspecified atom stereocenters. The summed E-state index contributed by atoms with van der Waals surface area (Å²) in [6, 6.07) is 0. The fourth-order valence-electron chi connectivity index (χ4n) is 1.74. The maximum absolute atomic E-state index is 5.09. The summed E-state index contributed by atoms with van der Waals surface area (Å²) < 4.78 is 5.09. The Bertz CT molecular complexity index is 396. The molecule has 0 saturated carbocycles. The lowest BCUT2D eigenvalue weighted by Gasteiger charge is -2.22. The summed E-state index contributed by atoms with van der Waals surface area (Å²) in [7, 11) is 3.64. The van der Waals surface area contributed by atoms with Crippen molar-refractivity contribution >= 4 is 17.8 Å². The Labute approximate surface area is 121 Å². The van der Waals surface area contributed by atoms with Gasteiger partial charge in [0.05, 0.1) is 6.61 Å². The highest BCUT2D eigenvalue weighted by molar-refractivity contribution is 5.44. The zero-order valence-electron chi connectivity index (χ0n) is 13.2. The first-order valence-corrected chi connectivity index (χ1v) is 7.11. The summed E-state index contributed by atoms with van der Waals surface area (Å²) >= 11 is 0. The van der Waals surface area contributed by atoms with Gasteiger partial charge >= 0.3 is 0 Å². The molecule has 1 N–H and O–H groups in total. The highest BCUT2D eigenvalue weighted by atomic mass is 16.5. The van der Waals surface area contributed by atoms with Crippen molar-refractivity contribution in [2.24, 2.45) is 0 Å². The number of hydrogen-bond donors (Lipinski definition) is 1. The molecule has 0 saturated heterocycles. The van der Waals surface area contributed by atoms with Gasteiger partial charge in [0.2, 0.25) is 17.8 Å². The van der Waals surface area contributed by atoms with Crippen LogP contribution in [0.4, 0.5) is 17.8 Å². The van der Waals surface area contributed by atoms with Crippen molar-refractivity contribution in [3.63, 3.8) is 0 Å². The molecule has 7 nitrogen and oxygen atoms in total. The summed E-state index contributed by atoms with van der Waals surface area (Å²) in [5, 5.41) is 3.16. The van der Waals surface area contributed by atoms with Crippen LogP contribution >= 0.6 is 0 Å². The molecular formula is C13H26N6O. The highest BCUT2D eigenvalue weighted by Gasteiger charge is 2.13. The first-order chi connectivity index (χ1) is 9.65. The minimum absolute atomic E-state index is 0.615. The van der Waals surface area contributed by atoms with Crippen molar-refractivity contribution in [2.45, 2.75) is 20.8 Å². The van der Waals surface area contributed by atoms with E-state index < -0.39 is 0 Å². The molecule has 0 aliphatic carbocycles. The fourth-order valence-corrected chi connectivity index (χ4v) is 1.74. The summed E-state index contributed by atoms with van der Waals surface area (Å²) in [4.78, 5) is 17.5. The van der Waals surface area contributed by atoms with Gasteiger partial charge in [-0.3, -0.25) is 0 Å². The molecule has 0 radical (unpaired) electrons. The van der Waals surface area contributed by atoms with Crippen LogP contribution in [0.25, 0.3) is 0 Å². The van der Waals surface area contributed by atoms with Crippen LogP contribution in [0.5, 0.6) is 0 Å². The zero-order chi connectivity index (χ0) is 15.0. The zero-order valence-corrected chi connectivity index (χ0v) is 13.2. The molecule has 1 aromatic heterocycles. The second-order valence-electron chi connectivity index (χ2n) is 4.38. The van der Waals surface area contributed by atoms with E-state index in [4.69, 9.17) is 4.74 Å². The van der Waals surface area contributed by atoms with E-state index in [9.17, 15) is 0 Å². The van der Waals surface area contributed by atoms with E-state index in [0.29, 0.717) is 24.5 Å². The van der Waals surface area contributed by atoms with Gasteiger partial charge in [-0.2, -0.15) is 15.0 Å². The van der Waals surface area contributed by atoms with Crippen LogP contribution in [-0.2, 0) is 4.74 Å². The van der Waals surface area contributed by atoms with E-state index in [-0.39, 0.29) is 0 Å². The van der Waals surface area contributed by atoms with E-state index >= 15 is 0 Å². The van der Waals surface area contributed by atoms with Gasteiger partial charge in [0, 0.05) is 40.3 Å². The van der Waals surface area contributed by atoms with E-state index in [1.54, 1.807) is 7.11 Å². The molecule has 0 aliphatic heterocycles. The molecule has 114 valence electrons. The second kappa shape index (κ2) is 8.52. The highest BCUT2D eigenvalue weighted by Crippen LogP contribution is 2.15. The SMILES string of the molecule is CCNc1nc(N(C)CCOC)nc(N(CC)CC)n1. The van der Waals surface area contributed by atoms with Crippen molar-refractivity contribution in [1.82, 2.24) is 15.0 Å². The molecule has 0 fully saturated rings. The largest absolute Gasteiger partial charge is 0.383 e. The standard InChI is InChI=1S/C13H26N6O/c1-6-14-11-15-12(18(4)9-10-20-5)17-13(16-11)19(7-2)8-3/h6-10H2,1-5H3,(H,14,15,16,17). The van der Waals surface area contributed by atoms with Gasteiger partial charge in [-0.25, -0.2) is 0 Å². The van der Waals surface area contributed by atoms with Gasteiger partial charge in [-0.1, -0.05) is 0 Å². The molecular weight excluding hydrogens is 256 g/mol. The number of likely N-dealkylation sites (N-methyl/N-ethyl adjacent to an activating group) is 1. The van der Waals surface area contributed by atoms with Gasteiger partial charge in [0.1, 0.15) is 0 Å². The van der Waals surface area contributed by atoms with Crippen molar-refractivity contribution in [3.05, 3.63) is 0 Å². The van der Waals surface area contributed by atoms with Crippen LogP contribution in [0.15, 0.2) is 0 Å². The Morgan fingerprint density at radius 1 is 1.05 bits per heavy atom. The summed E-state index contributed by atoms with van der Waals surface area (Å²) in [5.74, 6) is 1.98. The van der Waals surface area contributed by atoms with Crippen LogP contribution in [0.1, 0.15) is 20.8 Å². The molecule has 0 spiro atoms. The smallest absolute Gasteiger partial charge is 0.231 e. The number of ether oxygens (including phenoxy) is 1. The molecule has 1 rings (SSSR count). The number of anilines is 3. The molecule has 1 aromatic rings. The third-order valence-corrected chi connectivity index (χ3v) is 2.97. The lowest BCUT2D eigenvalue weighted by Crippen LogP contribution is -2.29. The molecule has 0 amide bonds. The van der Waals surface area contributed by atoms with Crippen molar-refractivity contribution in [1.29, 1.82) is 0 Å². The van der Waals surface area contributed by atoms with E-state index in [2.05, 4.69) is 39.0 Å². The summed E-state index contributed by atoms with van der Waals surface area (Å²) in [5.41, 5.74) is 0. The maximum Gasteiger partial charge on any atom is 0.231 e. The van der Waals surface area contributed by atoms with Crippen molar-refractivity contribution in [2.75, 3.05) is 62.1 Å².